The van der Waals surface area contributed by atoms with E-state index in [1.54, 1.807) is 6.07 Å². The minimum atomic E-state index is 0.636. The largest absolute Gasteiger partial charge is 0.306 e. The molecule has 80 valence electrons. The standard InChI is InChI=1S/C11H11N5/c12-5-9-2-1-3-10(4-9)6-13-7-11-14-8-15-16-11/h1-4,8,13H,6-7H2,(H,14,15,16). The van der Waals surface area contributed by atoms with Crippen molar-refractivity contribution in [3.05, 3.63) is 47.5 Å². The lowest BCUT2D eigenvalue weighted by Gasteiger charge is -2.02. The molecule has 0 spiro atoms. The van der Waals surface area contributed by atoms with Crippen molar-refractivity contribution in [1.29, 1.82) is 5.26 Å². The van der Waals surface area contributed by atoms with Crippen LogP contribution < -0.4 is 5.32 Å². The van der Waals surface area contributed by atoms with Crippen LogP contribution in [-0.2, 0) is 13.1 Å². The highest BCUT2D eigenvalue weighted by Crippen LogP contribution is 2.03. The Morgan fingerprint density at radius 2 is 2.31 bits per heavy atom. The summed E-state index contributed by atoms with van der Waals surface area (Å²) in [6, 6.07) is 9.63. The molecule has 0 radical (unpaired) electrons. The Hall–Kier alpha value is -2.19. The van der Waals surface area contributed by atoms with Crippen molar-refractivity contribution < 1.29 is 0 Å². The minimum Gasteiger partial charge on any atom is -0.306 e. The first-order valence-corrected chi connectivity index (χ1v) is 4.92. The van der Waals surface area contributed by atoms with Crippen LogP contribution in [0.5, 0.6) is 0 Å². The summed E-state index contributed by atoms with van der Waals surface area (Å²) < 4.78 is 0. The second kappa shape index (κ2) is 5.05. The molecule has 0 unspecified atom stereocenters. The molecule has 2 rings (SSSR count). The van der Waals surface area contributed by atoms with E-state index < -0.39 is 0 Å². The molecule has 1 aromatic heterocycles. The number of H-pyrrole nitrogens is 1. The Bertz CT molecular complexity index is 483. The van der Waals surface area contributed by atoms with Gasteiger partial charge in [-0.05, 0) is 17.7 Å². The van der Waals surface area contributed by atoms with Crippen LogP contribution in [0.1, 0.15) is 17.0 Å². The maximum absolute atomic E-state index is 8.74. The third-order valence-electron chi connectivity index (χ3n) is 2.14. The van der Waals surface area contributed by atoms with Gasteiger partial charge in [0.2, 0.25) is 0 Å². The van der Waals surface area contributed by atoms with E-state index in [4.69, 9.17) is 5.26 Å². The molecule has 0 aliphatic heterocycles. The summed E-state index contributed by atoms with van der Waals surface area (Å²) in [5.41, 5.74) is 1.76. The number of nitrogens with one attached hydrogen (secondary N) is 2. The van der Waals surface area contributed by atoms with Gasteiger partial charge in [-0.15, -0.1) is 0 Å². The first-order valence-electron chi connectivity index (χ1n) is 4.92. The number of hydrogen-bond donors (Lipinski definition) is 2. The Balaban J connectivity index is 1.88. The molecular weight excluding hydrogens is 202 g/mol. The molecule has 0 bridgehead atoms. The molecule has 0 atom stereocenters. The SMILES string of the molecule is N#Cc1cccc(CNCc2ncn[nH]2)c1. The van der Waals surface area contributed by atoms with Gasteiger partial charge >= 0.3 is 0 Å². The molecule has 16 heavy (non-hydrogen) atoms. The van der Waals surface area contributed by atoms with Crippen molar-refractivity contribution in [2.45, 2.75) is 13.1 Å². The second-order valence-corrected chi connectivity index (χ2v) is 3.35. The zero-order valence-electron chi connectivity index (χ0n) is 8.64. The molecule has 0 aliphatic rings. The lowest BCUT2D eigenvalue weighted by Crippen LogP contribution is -2.13. The normalized spacial score (nSPS) is 9.94. The molecule has 1 heterocycles. The molecule has 5 heteroatoms. The highest BCUT2D eigenvalue weighted by Gasteiger charge is 1.97. The summed E-state index contributed by atoms with van der Waals surface area (Å²) in [5.74, 6) is 0.802. The van der Waals surface area contributed by atoms with Crippen LogP contribution in [0.15, 0.2) is 30.6 Å². The van der Waals surface area contributed by atoms with Crippen molar-refractivity contribution in [3.8, 4) is 6.07 Å². The monoisotopic (exact) mass is 213 g/mol. The van der Waals surface area contributed by atoms with Crippen molar-refractivity contribution >= 4 is 0 Å². The van der Waals surface area contributed by atoms with Crippen molar-refractivity contribution in [2.75, 3.05) is 0 Å². The van der Waals surface area contributed by atoms with E-state index in [0.29, 0.717) is 18.7 Å². The molecule has 0 fully saturated rings. The first-order chi connectivity index (χ1) is 7.88. The number of aromatic nitrogens is 3. The van der Waals surface area contributed by atoms with E-state index in [1.165, 1.54) is 6.33 Å². The van der Waals surface area contributed by atoms with Gasteiger partial charge in [-0.2, -0.15) is 10.4 Å². The van der Waals surface area contributed by atoms with E-state index in [2.05, 4.69) is 26.6 Å². The van der Waals surface area contributed by atoms with Gasteiger partial charge in [0.25, 0.3) is 0 Å². The fraction of sp³-hybridized carbons (Fsp3) is 0.182. The van der Waals surface area contributed by atoms with Crippen LogP contribution in [0.25, 0.3) is 0 Å². The van der Waals surface area contributed by atoms with E-state index in [9.17, 15) is 0 Å². The molecule has 0 saturated carbocycles. The van der Waals surface area contributed by atoms with Crippen LogP contribution in [0.4, 0.5) is 0 Å². The lowest BCUT2D eigenvalue weighted by atomic mass is 10.1. The van der Waals surface area contributed by atoms with Crippen LogP contribution in [0.3, 0.4) is 0 Å². The fourth-order valence-electron chi connectivity index (χ4n) is 1.39. The first kappa shape index (κ1) is 10.3. The fourth-order valence-corrected chi connectivity index (χ4v) is 1.39. The van der Waals surface area contributed by atoms with Crippen molar-refractivity contribution in [3.63, 3.8) is 0 Å². The van der Waals surface area contributed by atoms with Gasteiger partial charge < -0.3 is 5.32 Å². The minimum absolute atomic E-state index is 0.636. The van der Waals surface area contributed by atoms with Crippen molar-refractivity contribution in [1.82, 2.24) is 20.5 Å². The molecule has 0 amide bonds. The van der Waals surface area contributed by atoms with Crippen LogP contribution in [0, 0.1) is 11.3 Å². The molecule has 0 saturated heterocycles. The van der Waals surface area contributed by atoms with E-state index in [1.807, 2.05) is 18.2 Å². The van der Waals surface area contributed by atoms with Gasteiger partial charge in [-0.1, -0.05) is 12.1 Å². The molecule has 1 aromatic carbocycles. The van der Waals surface area contributed by atoms with Gasteiger partial charge in [0.15, 0.2) is 0 Å². The average molecular weight is 213 g/mol. The van der Waals surface area contributed by atoms with Crippen molar-refractivity contribution in [2.24, 2.45) is 0 Å². The summed E-state index contributed by atoms with van der Waals surface area (Å²) in [6.07, 6.45) is 1.48. The summed E-state index contributed by atoms with van der Waals surface area (Å²) in [7, 11) is 0. The van der Waals surface area contributed by atoms with Crippen LogP contribution in [0.2, 0.25) is 0 Å². The third kappa shape index (κ3) is 2.65. The van der Waals surface area contributed by atoms with Gasteiger partial charge in [0.05, 0.1) is 18.2 Å². The number of benzene rings is 1. The molecule has 2 N–H and O–H groups in total. The van der Waals surface area contributed by atoms with E-state index >= 15 is 0 Å². The number of nitrogens with zero attached hydrogens (tertiary/aromatic N) is 3. The number of nitriles is 1. The van der Waals surface area contributed by atoms with Gasteiger partial charge in [0.1, 0.15) is 12.2 Å². The van der Waals surface area contributed by atoms with Crippen LogP contribution in [-0.4, -0.2) is 15.2 Å². The Labute approximate surface area is 93.1 Å². The third-order valence-corrected chi connectivity index (χ3v) is 2.14. The number of hydrogen-bond acceptors (Lipinski definition) is 4. The predicted octanol–water partition coefficient (Wildman–Crippen LogP) is 0.966. The van der Waals surface area contributed by atoms with Crippen LogP contribution >= 0.6 is 0 Å². The zero-order valence-corrected chi connectivity index (χ0v) is 8.64. The summed E-state index contributed by atoms with van der Waals surface area (Å²) in [6.45, 7) is 1.34. The summed E-state index contributed by atoms with van der Waals surface area (Å²) in [5, 5.41) is 18.5. The zero-order chi connectivity index (χ0) is 11.2. The molecular formula is C11H11N5. The lowest BCUT2D eigenvalue weighted by molar-refractivity contribution is 0.665. The average Bonchev–Trinajstić information content (AvgIpc) is 2.82. The topological polar surface area (TPSA) is 77.4 Å². The maximum Gasteiger partial charge on any atom is 0.138 e. The number of aromatic amines is 1. The highest BCUT2D eigenvalue weighted by atomic mass is 15.2. The maximum atomic E-state index is 8.74. The highest BCUT2D eigenvalue weighted by molar-refractivity contribution is 5.32. The summed E-state index contributed by atoms with van der Waals surface area (Å²) >= 11 is 0. The van der Waals surface area contributed by atoms with Gasteiger partial charge in [0, 0.05) is 6.54 Å². The van der Waals surface area contributed by atoms with E-state index in [-0.39, 0.29) is 0 Å². The second-order valence-electron chi connectivity index (χ2n) is 3.35. The Morgan fingerprint density at radius 3 is 3.06 bits per heavy atom. The van der Waals surface area contributed by atoms with E-state index in [0.717, 1.165) is 11.4 Å². The molecule has 2 aromatic rings. The quantitative estimate of drug-likeness (QED) is 0.793. The Morgan fingerprint density at radius 1 is 1.38 bits per heavy atom. The molecule has 0 aliphatic carbocycles. The number of rotatable bonds is 4. The van der Waals surface area contributed by atoms with Gasteiger partial charge in [-0.3, -0.25) is 5.10 Å². The Kier molecular flexibility index (Phi) is 3.26. The smallest absolute Gasteiger partial charge is 0.138 e. The summed E-state index contributed by atoms with van der Waals surface area (Å²) in [4.78, 5) is 4.00. The predicted molar refractivity (Wildman–Crippen MR) is 58.1 cm³/mol. The molecule has 5 nitrogen and oxygen atoms in total. The van der Waals surface area contributed by atoms with Gasteiger partial charge in [-0.25, -0.2) is 4.98 Å².